The number of benzene rings is 1. The van der Waals surface area contributed by atoms with Crippen LogP contribution in [0.4, 0.5) is 19.0 Å². The van der Waals surface area contributed by atoms with E-state index in [0.29, 0.717) is 18.4 Å². The number of hydrogen-bond donors (Lipinski definition) is 1. The van der Waals surface area contributed by atoms with Crippen molar-refractivity contribution in [2.75, 3.05) is 38.0 Å². The molecular formula is C19H23F3N4O4S. The monoisotopic (exact) mass is 460 g/mol. The van der Waals surface area contributed by atoms with E-state index in [2.05, 4.69) is 10.5 Å². The number of aromatic nitrogens is 1. The highest BCUT2D eigenvalue weighted by Crippen LogP contribution is 2.31. The highest BCUT2D eigenvalue weighted by molar-refractivity contribution is 7.89. The number of alkyl halides is 3. The lowest BCUT2D eigenvalue weighted by atomic mass is 10.2. The molecule has 170 valence electrons. The summed E-state index contributed by atoms with van der Waals surface area (Å²) in [5, 5.41) is 6.06. The maximum atomic E-state index is 13.1. The van der Waals surface area contributed by atoms with Gasteiger partial charge in [0.25, 0.3) is 0 Å². The summed E-state index contributed by atoms with van der Waals surface area (Å²) in [6.07, 6.45) is -2.70. The summed E-state index contributed by atoms with van der Waals surface area (Å²) in [5.74, 6) is -0.0958. The van der Waals surface area contributed by atoms with E-state index in [4.69, 9.17) is 4.52 Å². The normalized spacial score (nSPS) is 15.5. The first-order valence-electron chi connectivity index (χ1n) is 9.68. The van der Waals surface area contributed by atoms with E-state index in [9.17, 15) is 26.4 Å². The van der Waals surface area contributed by atoms with Gasteiger partial charge < -0.3 is 14.7 Å². The molecular weight excluding hydrogens is 437 g/mol. The Kier molecular flexibility index (Phi) is 7.02. The van der Waals surface area contributed by atoms with Crippen molar-refractivity contribution in [2.45, 2.75) is 30.8 Å². The Balaban J connectivity index is 1.82. The van der Waals surface area contributed by atoms with Crippen LogP contribution in [0.25, 0.3) is 0 Å². The van der Waals surface area contributed by atoms with Crippen LogP contribution in [-0.2, 0) is 21.0 Å². The van der Waals surface area contributed by atoms with E-state index in [1.807, 2.05) is 4.90 Å². The summed E-state index contributed by atoms with van der Waals surface area (Å²) >= 11 is 0. The largest absolute Gasteiger partial charge is 0.416 e. The van der Waals surface area contributed by atoms with Gasteiger partial charge in [0.2, 0.25) is 15.9 Å². The topological polar surface area (TPSA) is 95.8 Å². The molecule has 0 atom stereocenters. The van der Waals surface area contributed by atoms with E-state index < -0.39 is 39.1 Å². The summed E-state index contributed by atoms with van der Waals surface area (Å²) < 4.78 is 71.2. The number of anilines is 1. The van der Waals surface area contributed by atoms with E-state index in [1.54, 1.807) is 6.92 Å². The van der Waals surface area contributed by atoms with Crippen molar-refractivity contribution >= 4 is 21.7 Å². The van der Waals surface area contributed by atoms with Crippen LogP contribution in [0.15, 0.2) is 39.8 Å². The zero-order valence-corrected chi connectivity index (χ0v) is 17.7. The first-order valence-corrected chi connectivity index (χ1v) is 11.1. The van der Waals surface area contributed by atoms with Gasteiger partial charge in [-0.25, -0.2) is 8.42 Å². The standard InChI is InChI=1S/C19H23F3N4O4S/c1-14-11-17(24-30-14)23-18(27)13-26(10-9-25-7-2-3-8-25)31(28,29)16-6-4-5-15(12-16)19(20,21)22/h4-6,11-12H,2-3,7-10,13H2,1H3,(H,23,24,27). The Morgan fingerprint density at radius 1 is 1.26 bits per heavy atom. The highest BCUT2D eigenvalue weighted by atomic mass is 32.2. The van der Waals surface area contributed by atoms with Crippen molar-refractivity contribution in [1.29, 1.82) is 0 Å². The van der Waals surface area contributed by atoms with Gasteiger partial charge in [-0.05, 0) is 51.1 Å². The smallest absolute Gasteiger partial charge is 0.360 e. The van der Waals surface area contributed by atoms with Gasteiger partial charge in [0.05, 0.1) is 17.0 Å². The molecule has 1 aromatic heterocycles. The lowest BCUT2D eigenvalue weighted by Crippen LogP contribution is -2.42. The molecule has 1 aromatic carbocycles. The average Bonchev–Trinajstić information content (AvgIpc) is 3.36. The van der Waals surface area contributed by atoms with Gasteiger partial charge in [0.1, 0.15) is 5.76 Å². The predicted molar refractivity (Wildman–Crippen MR) is 106 cm³/mol. The van der Waals surface area contributed by atoms with Crippen LogP contribution in [0.3, 0.4) is 0 Å². The lowest BCUT2D eigenvalue weighted by molar-refractivity contribution is -0.137. The minimum Gasteiger partial charge on any atom is -0.360 e. The summed E-state index contributed by atoms with van der Waals surface area (Å²) in [4.78, 5) is 14.0. The minimum absolute atomic E-state index is 0.0379. The quantitative estimate of drug-likeness (QED) is 0.651. The second-order valence-corrected chi connectivity index (χ2v) is 9.22. The third-order valence-electron chi connectivity index (χ3n) is 4.88. The summed E-state index contributed by atoms with van der Waals surface area (Å²) in [6, 6.07) is 4.97. The maximum Gasteiger partial charge on any atom is 0.416 e. The lowest BCUT2D eigenvalue weighted by Gasteiger charge is -2.24. The summed E-state index contributed by atoms with van der Waals surface area (Å²) in [7, 11) is -4.36. The molecule has 1 saturated heterocycles. The molecule has 31 heavy (non-hydrogen) atoms. The molecule has 0 bridgehead atoms. The number of aryl methyl sites for hydroxylation is 1. The molecule has 1 N–H and O–H groups in total. The zero-order chi connectivity index (χ0) is 22.6. The Hall–Kier alpha value is -2.44. The first-order chi connectivity index (χ1) is 14.6. The van der Waals surface area contributed by atoms with E-state index in [-0.39, 0.29) is 12.4 Å². The number of halogens is 3. The van der Waals surface area contributed by atoms with Gasteiger partial charge in [0.15, 0.2) is 5.82 Å². The Morgan fingerprint density at radius 2 is 1.97 bits per heavy atom. The molecule has 12 heteroatoms. The maximum absolute atomic E-state index is 13.1. The molecule has 1 aliphatic heterocycles. The van der Waals surface area contributed by atoms with Crippen molar-refractivity contribution in [3.8, 4) is 0 Å². The molecule has 0 saturated carbocycles. The van der Waals surface area contributed by atoms with Crippen LogP contribution < -0.4 is 5.32 Å². The van der Waals surface area contributed by atoms with Gasteiger partial charge in [-0.2, -0.15) is 17.5 Å². The van der Waals surface area contributed by atoms with Gasteiger partial charge >= 0.3 is 6.18 Å². The third-order valence-corrected chi connectivity index (χ3v) is 6.72. The number of sulfonamides is 1. The second-order valence-electron chi connectivity index (χ2n) is 7.28. The van der Waals surface area contributed by atoms with Crippen molar-refractivity contribution in [3.05, 3.63) is 41.7 Å². The molecule has 0 spiro atoms. The molecule has 1 fully saturated rings. The number of nitrogens with one attached hydrogen (secondary N) is 1. The van der Waals surface area contributed by atoms with E-state index in [1.165, 1.54) is 6.07 Å². The molecule has 2 heterocycles. The minimum atomic E-state index is -4.69. The summed E-state index contributed by atoms with van der Waals surface area (Å²) in [5.41, 5.74) is -1.07. The Morgan fingerprint density at radius 3 is 2.58 bits per heavy atom. The number of carbonyl (C=O) groups excluding carboxylic acids is 1. The van der Waals surface area contributed by atoms with Gasteiger partial charge in [-0.15, -0.1) is 0 Å². The van der Waals surface area contributed by atoms with Gasteiger partial charge in [0, 0.05) is 19.2 Å². The first kappa shape index (κ1) is 23.2. The average molecular weight is 460 g/mol. The van der Waals surface area contributed by atoms with Crippen LogP contribution in [0.5, 0.6) is 0 Å². The molecule has 1 amide bonds. The fraction of sp³-hybridized carbons (Fsp3) is 0.474. The molecule has 0 aliphatic carbocycles. The molecule has 0 unspecified atom stereocenters. The second kappa shape index (κ2) is 9.37. The van der Waals surface area contributed by atoms with Crippen LogP contribution in [0.2, 0.25) is 0 Å². The molecule has 3 rings (SSSR count). The van der Waals surface area contributed by atoms with Crippen molar-refractivity contribution < 1.29 is 30.9 Å². The zero-order valence-electron chi connectivity index (χ0n) is 16.9. The SMILES string of the molecule is Cc1cc(NC(=O)CN(CCN2CCCC2)S(=O)(=O)c2cccc(C(F)(F)F)c2)no1. The molecule has 8 nitrogen and oxygen atoms in total. The van der Waals surface area contributed by atoms with Crippen molar-refractivity contribution in [2.24, 2.45) is 0 Å². The fourth-order valence-corrected chi connectivity index (χ4v) is 4.73. The highest BCUT2D eigenvalue weighted by Gasteiger charge is 2.33. The van der Waals surface area contributed by atoms with Crippen LogP contribution in [0, 0.1) is 6.92 Å². The molecule has 0 radical (unpaired) electrons. The van der Waals surface area contributed by atoms with E-state index in [0.717, 1.165) is 48.4 Å². The summed E-state index contributed by atoms with van der Waals surface area (Å²) in [6.45, 7) is 3.00. The van der Waals surface area contributed by atoms with E-state index >= 15 is 0 Å². The van der Waals surface area contributed by atoms with Crippen molar-refractivity contribution in [1.82, 2.24) is 14.4 Å². The third kappa shape index (κ3) is 6.05. The number of nitrogens with zero attached hydrogens (tertiary/aromatic N) is 3. The Bertz CT molecular complexity index is 1020. The number of carbonyl (C=O) groups is 1. The number of hydrogen-bond acceptors (Lipinski definition) is 6. The van der Waals surface area contributed by atoms with Gasteiger partial charge in [-0.3, -0.25) is 4.79 Å². The fourth-order valence-electron chi connectivity index (χ4n) is 3.29. The molecule has 2 aromatic rings. The number of amides is 1. The number of rotatable bonds is 8. The van der Waals surface area contributed by atoms with Crippen LogP contribution in [0.1, 0.15) is 24.2 Å². The molecule has 1 aliphatic rings. The van der Waals surface area contributed by atoms with Gasteiger partial charge in [-0.1, -0.05) is 11.2 Å². The predicted octanol–water partition coefficient (Wildman–Crippen LogP) is 2.73. The van der Waals surface area contributed by atoms with Crippen molar-refractivity contribution in [3.63, 3.8) is 0 Å². The van der Waals surface area contributed by atoms with Crippen LogP contribution >= 0.6 is 0 Å². The van der Waals surface area contributed by atoms with Crippen LogP contribution in [-0.4, -0.2) is 61.4 Å². The Labute approximate surface area is 178 Å². The number of likely N-dealkylation sites (tertiary alicyclic amines) is 1.